The van der Waals surface area contributed by atoms with Gasteiger partial charge in [-0.25, -0.2) is 0 Å². The van der Waals surface area contributed by atoms with Crippen molar-refractivity contribution in [3.05, 3.63) is 23.8 Å². The summed E-state index contributed by atoms with van der Waals surface area (Å²) in [6, 6.07) is 5.19. The highest BCUT2D eigenvalue weighted by Crippen LogP contribution is 2.31. The minimum atomic E-state index is -0.956. The Morgan fingerprint density at radius 1 is 1.11 bits per heavy atom. The zero-order valence-corrected chi connectivity index (χ0v) is 11.7. The third-order valence-corrected chi connectivity index (χ3v) is 2.69. The lowest BCUT2D eigenvalue weighted by Crippen LogP contribution is -2.29. The Bertz CT molecular complexity index is 384. The number of aliphatic hydroxyl groups excluding tert-OH is 2. The van der Waals surface area contributed by atoms with Gasteiger partial charge in [0.05, 0.1) is 19.3 Å². The number of hydrogen-bond donors (Lipinski definition) is 3. The summed E-state index contributed by atoms with van der Waals surface area (Å²) in [5.74, 6) is 1.22. The molecule has 1 aromatic carbocycles. The van der Waals surface area contributed by atoms with Gasteiger partial charge in [0.15, 0.2) is 11.5 Å². The molecule has 0 saturated carbocycles. The van der Waals surface area contributed by atoms with Crippen LogP contribution in [0.5, 0.6) is 11.5 Å². The average Bonchev–Trinajstić information content (AvgIpc) is 2.40. The summed E-state index contributed by atoms with van der Waals surface area (Å²) in [6.45, 7) is 5.16. The molecule has 2 unspecified atom stereocenters. The summed E-state index contributed by atoms with van der Waals surface area (Å²) in [5, 5.41) is 22.7. The Morgan fingerprint density at radius 3 is 2.32 bits per heavy atom. The fourth-order valence-corrected chi connectivity index (χ4v) is 1.79. The van der Waals surface area contributed by atoms with Crippen molar-refractivity contribution in [1.29, 1.82) is 0 Å². The fraction of sp³-hybridized carbons (Fsp3) is 0.571. The number of hydrogen-bond acceptors (Lipinski definition) is 5. The van der Waals surface area contributed by atoms with Gasteiger partial charge in [0.1, 0.15) is 6.10 Å². The summed E-state index contributed by atoms with van der Waals surface area (Å²) in [6.07, 6.45) is -1.82. The third-order valence-electron chi connectivity index (χ3n) is 2.69. The lowest BCUT2D eigenvalue weighted by atomic mass is 10.0. The van der Waals surface area contributed by atoms with Gasteiger partial charge in [0.25, 0.3) is 0 Å². The summed E-state index contributed by atoms with van der Waals surface area (Å²) in [7, 11) is 1.72. The molecule has 1 rings (SSSR count). The predicted molar refractivity (Wildman–Crippen MR) is 73.7 cm³/mol. The molecule has 0 saturated heterocycles. The monoisotopic (exact) mass is 269 g/mol. The lowest BCUT2D eigenvalue weighted by Gasteiger charge is -2.19. The first kappa shape index (κ1) is 15.8. The van der Waals surface area contributed by atoms with E-state index >= 15 is 0 Å². The molecule has 0 amide bonds. The maximum atomic E-state index is 10.0. The Kier molecular flexibility index (Phi) is 6.62. The molecule has 0 aliphatic rings. The lowest BCUT2D eigenvalue weighted by molar-refractivity contribution is 0.0201. The highest BCUT2D eigenvalue weighted by Gasteiger charge is 2.19. The minimum absolute atomic E-state index is 0.318. The van der Waals surface area contributed by atoms with Crippen molar-refractivity contribution in [3.8, 4) is 11.5 Å². The largest absolute Gasteiger partial charge is 0.490 e. The van der Waals surface area contributed by atoms with Crippen LogP contribution in [-0.2, 0) is 0 Å². The number of rotatable bonds is 8. The summed E-state index contributed by atoms with van der Waals surface area (Å²) >= 11 is 0. The van der Waals surface area contributed by atoms with E-state index in [2.05, 4.69) is 5.32 Å². The Hall–Kier alpha value is -1.30. The van der Waals surface area contributed by atoms with E-state index in [1.165, 1.54) is 0 Å². The van der Waals surface area contributed by atoms with Crippen LogP contribution in [0, 0.1) is 0 Å². The normalized spacial score (nSPS) is 13.9. The molecule has 0 spiro atoms. The highest BCUT2D eigenvalue weighted by atomic mass is 16.5. The molecular weight excluding hydrogens is 246 g/mol. The van der Waals surface area contributed by atoms with Crippen molar-refractivity contribution in [2.75, 3.05) is 26.8 Å². The molecule has 0 heterocycles. The molecule has 0 aromatic heterocycles. The van der Waals surface area contributed by atoms with Crippen LogP contribution in [0.2, 0.25) is 0 Å². The smallest absolute Gasteiger partial charge is 0.161 e. The van der Waals surface area contributed by atoms with Gasteiger partial charge in [-0.05, 0) is 38.6 Å². The van der Waals surface area contributed by atoms with Gasteiger partial charge in [-0.15, -0.1) is 0 Å². The molecular formula is C14H23NO4. The zero-order chi connectivity index (χ0) is 14.3. The van der Waals surface area contributed by atoms with E-state index in [0.29, 0.717) is 36.8 Å². The molecule has 2 atom stereocenters. The summed E-state index contributed by atoms with van der Waals surface area (Å²) < 4.78 is 10.9. The Morgan fingerprint density at radius 2 is 1.74 bits per heavy atom. The molecule has 5 heteroatoms. The predicted octanol–water partition coefficient (Wildman–Crippen LogP) is 1.10. The Labute approximate surface area is 114 Å². The van der Waals surface area contributed by atoms with Crippen molar-refractivity contribution in [2.45, 2.75) is 26.1 Å². The summed E-state index contributed by atoms with van der Waals surface area (Å²) in [5.41, 5.74) is 0.606. The first-order valence-electron chi connectivity index (χ1n) is 6.54. The second-order valence-corrected chi connectivity index (χ2v) is 4.14. The molecule has 0 bridgehead atoms. The zero-order valence-electron chi connectivity index (χ0n) is 11.7. The highest BCUT2D eigenvalue weighted by molar-refractivity contribution is 5.43. The van der Waals surface area contributed by atoms with E-state index in [4.69, 9.17) is 9.47 Å². The van der Waals surface area contributed by atoms with Gasteiger partial charge in [-0.3, -0.25) is 0 Å². The van der Waals surface area contributed by atoms with Gasteiger partial charge in [0, 0.05) is 6.54 Å². The second-order valence-electron chi connectivity index (χ2n) is 4.14. The van der Waals surface area contributed by atoms with Crippen LogP contribution >= 0.6 is 0 Å². The maximum Gasteiger partial charge on any atom is 0.161 e. The molecule has 19 heavy (non-hydrogen) atoms. The second kappa shape index (κ2) is 7.99. The number of aliphatic hydroxyl groups is 2. The van der Waals surface area contributed by atoms with Crippen LogP contribution in [0.15, 0.2) is 18.2 Å². The fourth-order valence-electron chi connectivity index (χ4n) is 1.79. The van der Waals surface area contributed by atoms with Crippen LogP contribution in [0.3, 0.4) is 0 Å². The van der Waals surface area contributed by atoms with E-state index in [0.717, 1.165) is 0 Å². The summed E-state index contributed by atoms with van der Waals surface area (Å²) in [4.78, 5) is 0. The molecule has 108 valence electrons. The van der Waals surface area contributed by atoms with Crippen LogP contribution in [0.1, 0.15) is 25.5 Å². The van der Waals surface area contributed by atoms with E-state index in [9.17, 15) is 10.2 Å². The Balaban J connectivity index is 2.93. The van der Waals surface area contributed by atoms with E-state index in [1.54, 1.807) is 25.2 Å². The van der Waals surface area contributed by atoms with E-state index in [1.807, 2.05) is 13.8 Å². The van der Waals surface area contributed by atoms with Crippen molar-refractivity contribution in [1.82, 2.24) is 5.32 Å². The van der Waals surface area contributed by atoms with E-state index in [-0.39, 0.29) is 0 Å². The molecule has 0 aliphatic heterocycles. The first-order valence-corrected chi connectivity index (χ1v) is 6.54. The van der Waals surface area contributed by atoms with Crippen LogP contribution in [0.25, 0.3) is 0 Å². The van der Waals surface area contributed by atoms with Crippen molar-refractivity contribution in [2.24, 2.45) is 0 Å². The molecule has 0 fully saturated rings. The van der Waals surface area contributed by atoms with Crippen molar-refractivity contribution < 1.29 is 19.7 Å². The van der Waals surface area contributed by atoms with Gasteiger partial charge < -0.3 is 25.0 Å². The first-order chi connectivity index (χ1) is 9.13. The molecule has 5 nitrogen and oxygen atoms in total. The molecule has 3 N–H and O–H groups in total. The van der Waals surface area contributed by atoms with Crippen LogP contribution in [0.4, 0.5) is 0 Å². The molecule has 0 aliphatic carbocycles. The number of ether oxygens (including phenoxy) is 2. The standard InChI is InChI=1S/C14H23NO4/c1-4-18-12-7-6-10(8-13(12)19-5-2)14(17)11(16)9-15-3/h6-8,11,14-17H,4-5,9H2,1-3H3. The SMILES string of the molecule is CCOc1ccc(C(O)C(O)CNC)cc1OCC. The number of likely N-dealkylation sites (N-methyl/N-ethyl adjacent to an activating group) is 1. The van der Waals surface area contributed by atoms with Crippen molar-refractivity contribution >= 4 is 0 Å². The van der Waals surface area contributed by atoms with E-state index < -0.39 is 12.2 Å². The van der Waals surface area contributed by atoms with Gasteiger partial charge in [0.2, 0.25) is 0 Å². The maximum absolute atomic E-state index is 10.0. The minimum Gasteiger partial charge on any atom is -0.490 e. The van der Waals surface area contributed by atoms with Crippen LogP contribution < -0.4 is 14.8 Å². The number of nitrogens with one attached hydrogen (secondary N) is 1. The van der Waals surface area contributed by atoms with Gasteiger partial charge in [-0.2, -0.15) is 0 Å². The van der Waals surface area contributed by atoms with Gasteiger partial charge in [-0.1, -0.05) is 6.07 Å². The molecule has 1 aromatic rings. The third kappa shape index (κ3) is 4.38. The van der Waals surface area contributed by atoms with Crippen molar-refractivity contribution in [3.63, 3.8) is 0 Å². The van der Waals surface area contributed by atoms with Crippen LogP contribution in [-0.4, -0.2) is 43.1 Å². The quantitative estimate of drug-likeness (QED) is 0.659. The topological polar surface area (TPSA) is 71.0 Å². The number of benzene rings is 1. The van der Waals surface area contributed by atoms with Gasteiger partial charge >= 0.3 is 0 Å². The molecule has 0 radical (unpaired) electrons. The average molecular weight is 269 g/mol.